The molecule has 0 amide bonds. The zero-order valence-electron chi connectivity index (χ0n) is 6.58. The van der Waals surface area contributed by atoms with Crippen LogP contribution in [0.15, 0.2) is 12.7 Å². The lowest BCUT2D eigenvalue weighted by atomic mass is 10.4. The van der Waals surface area contributed by atoms with Crippen LogP contribution in [0.2, 0.25) is 0 Å². The number of carbonyl (C=O) groups is 2. The van der Waals surface area contributed by atoms with Gasteiger partial charge in [0.2, 0.25) is 4.86 Å². The zero-order chi connectivity index (χ0) is 11.0. The number of carboxylic acids is 2. The highest BCUT2D eigenvalue weighted by Crippen LogP contribution is 1.71. The van der Waals surface area contributed by atoms with E-state index in [4.69, 9.17) is 10.2 Å². The molecule has 3 N–H and O–H groups in total. The second kappa shape index (κ2) is 6.48. The molecule has 76 valence electrons. The Kier molecular flexibility index (Phi) is 5.54. The first-order valence-electron chi connectivity index (χ1n) is 3.01. The maximum Gasteiger partial charge on any atom is 0.356 e. The Balaban J connectivity index is 0.000000280. The number of aromatic nitrogens is 3. The number of rotatable bonds is 2. The molecule has 1 aromatic heterocycles. The number of aromatic amines is 1. The van der Waals surface area contributed by atoms with Crippen LogP contribution in [0.4, 0.5) is 0 Å². The van der Waals surface area contributed by atoms with E-state index >= 15 is 0 Å². The monoisotopic (exact) mass is 219 g/mol. The molecule has 0 aromatic carbocycles. The molecule has 0 atom stereocenters. The van der Waals surface area contributed by atoms with E-state index in [1.165, 1.54) is 12.7 Å². The van der Waals surface area contributed by atoms with Gasteiger partial charge in [0.1, 0.15) is 23.9 Å². The third-order valence-electron chi connectivity index (χ3n) is 0.803. The van der Waals surface area contributed by atoms with Crippen LogP contribution >= 0.6 is 0 Å². The molecule has 14 heavy (non-hydrogen) atoms. The third-order valence-corrected chi connectivity index (χ3v) is 1.32. The lowest BCUT2D eigenvalue weighted by Crippen LogP contribution is -2.22. The summed E-state index contributed by atoms with van der Waals surface area (Å²) in [5.74, 6) is -3.41. The fourth-order valence-electron chi connectivity index (χ4n) is 0.329. The summed E-state index contributed by atoms with van der Waals surface area (Å²) in [5, 5.41) is 21.8. The standard InChI is InChI=1S/C3H2O5S.C2H3N3/c4-2(5)1(9-8)3(6)7;1-3-2-5-4-1/h(H,4,5)(H,6,7);1-2H,(H,3,4,5). The quantitative estimate of drug-likeness (QED) is 0.400. The van der Waals surface area contributed by atoms with Gasteiger partial charge >= 0.3 is 11.9 Å². The number of carboxylic acid groups (broad SMARTS) is 2. The summed E-state index contributed by atoms with van der Waals surface area (Å²) < 4.78 is 9.63. The van der Waals surface area contributed by atoms with Crippen molar-refractivity contribution in [2.24, 2.45) is 0 Å². The Morgan fingerprint density at radius 2 is 1.86 bits per heavy atom. The van der Waals surface area contributed by atoms with Gasteiger partial charge in [-0.25, -0.2) is 18.8 Å². The average Bonchev–Trinajstić information content (AvgIpc) is 2.59. The Hall–Kier alpha value is -2.03. The van der Waals surface area contributed by atoms with E-state index in [-0.39, 0.29) is 0 Å². The van der Waals surface area contributed by atoms with E-state index in [0.717, 1.165) is 0 Å². The van der Waals surface area contributed by atoms with Gasteiger partial charge in [0.25, 0.3) is 0 Å². The zero-order valence-corrected chi connectivity index (χ0v) is 7.39. The maximum absolute atomic E-state index is 9.73. The predicted molar refractivity (Wildman–Crippen MR) is 44.8 cm³/mol. The first kappa shape index (κ1) is 12.0. The van der Waals surface area contributed by atoms with Crippen molar-refractivity contribution in [1.82, 2.24) is 15.2 Å². The fourth-order valence-corrected chi connectivity index (χ4v) is 0.472. The van der Waals surface area contributed by atoms with Crippen molar-refractivity contribution in [2.75, 3.05) is 0 Å². The van der Waals surface area contributed by atoms with Crippen LogP contribution in [-0.4, -0.2) is 46.4 Å². The Morgan fingerprint density at radius 1 is 1.29 bits per heavy atom. The number of H-pyrrole nitrogens is 1. The van der Waals surface area contributed by atoms with Gasteiger partial charge in [-0.05, 0) is 0 Å². The molecule has 1 aromatic rings. The molecule has 1 heterocycles. The fraction of sp³-hybridized carbons (Fsp3) is 0. The van der Waals surface area contributed by atoms with Gasteiger partial charge < -0.3 is 10.2 Å². The van der Waals surface area contributed by atoms with Crippen LogP contribution in [-0.2, 0) is 20.8 Å². The van der Waals surface area contributed by atoms with Crippen molar-refractivity contribution in [3.63, 3.8) is 0 Å². The van der Waals surface area contributed by atoms with E-state index in [0.29, 0.717) is 0 Å². The highest BCUT2D eigenvalue weighted by molar-refractivity contribution is 7.70. The molecule has 1 rings (SSSR count). The minimum absolute atomic E-state index is 0.546. The van der Waals surface area contributed by atoms with Crippen molar-refractivity contribution in [3.05, 3.63) is 12.7 Å². The summed E-state index contributed by atoms with van der Waals surface area (Å²) in [4.78, 5) is 21.9. The van der Waals surface area contributed by atoms with Crippen molar-refractivity contribution < 1.29 is 24.0 Å². The summed E-state index contributed by atoms with van der Waals surface area (Å²) in [6, 6.07) is 0. The summed E-state index contributed by atoms with van der Waals surface area (Å²) in [7, 11) is 0. The molecule has 0 fully saturated rings. The van der Waals surface area contributed by atoms with Gasteiger partial charge in [-0.2, -0.15) is 5.10 Å². The molecule has 8 nitrogen and oxygen atoms in total. The van der Waals surface area contributed by atoms with Crippen molar-refractivity contribution in [1.29, 1.82) is 0 Å². The lowest BCUT2D eigenvalue weighted by molar-refractivity contribution is -0.134. The summed E-state index contributed by atoms with van der Waals surface area (Å²) >= 11 is -0.546. The molecule has 0 aliphatic rings. The molecular formula is C5H5N3O5S. The van der Waals surface area contributed by atoms with Gasteiger partial charge in [0.05, 0.1) is 0 Å². The second-order valence-electron chi connectivity index (χ2n) is 1.67. The van der Waals surface area contributed by atoms with Crippen LogP contribution < -0.4 is 0 Å². The summed E-state index contributed by atoms with van der Waals surface area (Å²) in [6.07, 6.45) is 2.96. The Bertz CT molecular complexity index is 322. The third kappa shape index (κ3) is 4.77. The molecule has 0 unspecified atom stereocenters. The van der Waals surface area contributed by atoms with Crippen LogP contribution in [0.3, 0.4) is 0 Å². The number of hydrogen-bond donors (Lipinski definition) is 3. The van der Waals surface area contributed by atoms with Crippen molar-refractivity contribution in [2.45, 2.75) is 0 Å². The minimum Gasteiger partial charge on any atom is -0.477 e. The number of hydrogen-bond acceptors (Lipinski definition) is 5. The van der Waals surface area contributed by atoms with Gasteiger partial charge in [-0.1, -0.05) is 0 Å². The van der Waals surface area contributed by atoms with Crippen LogP contribution in [0, 0.1) is 0 Å². The molecule has 0 saturated carbocycles. The summed E-state index contributed by atoms with van der Waals surface area (Å²) in [5.41, 5.74) is 0. The smallest absolute Gasteiger partial charge is 0.356 e. The van der Waals surface area contributed by atoms with E-state index in [9.17, 15) is 13.8 Å². The topological polar surface area (TPSA) is 133 Å². The van der Waals surface area contributed by atoms with Crippen LogP contribution in [0.5, 0.6) is 0 Å². The normalized spacial score (nSPS) is 8.00. The molecule has 0 radical (unpaired) electrons. The number of nitrogens with one attached hydrogen (secondary N) is 1. The largest absolute Gasteiger partial charge is 0.477 e. The number of aliphatic carboxylic acids is 2. The van der Waals surface area contributed by atoms with E-state index < -0.39 is 28.1 Å². The molecule has 0 aliphatic heterocycles. The van der Waals surface area contributed by atoms with Crippen molar-refractivity contribution in [3.8, 4) is 0 Å². The first-order chi connectivity index (χ1) is 6.59. The highest BCUT2D eigenvalue weighted by atomic mass is 32.1. The van der Waals surface area contributed by atoms with Gasteiger partial charge in [-0.15, -0.1) is 0 Å². The molecule has 0 spiro atoms. The van der Waals surface area contributed by atoms with E-state index in [1.54, 1.807) is 0 Å². The molecular weight excluding hydrogens is 214 g/mol. The average molecular weight is 219 g/mol. The highest BCUT2D eigenvalue weighted by Gasteiger charge is 2.16. The molecule has 0 bridgehead atoms. The van der Waals surface area contributed by atoms with E-state index in [2.05, 4.69) is 15.2 Å². The Labute approximate surface area is 80.7 Å². The molecule has 0 saturated heterocycles. The van der Waals surface area contributed by atoms with Gasteiger partial charge in [-0.3, -0.25) is 5.10 Å². The summed E-state index contributed by atoms with van der Waals surface area (Å²) in [6.45, 7) is 0. The van der Waals surface area contributed by atoms with Crippen LogP contribution in [0.25, 0.3) is 0 Å². The van der Waals surface area contributed by atoms with Crippen molar-refractivity contribution >= 4 is 28.1 Å². The predicted octanol–water partition coefficient (Wildman–Crippen LogP) is -1.65. The molecule has 9 heteroatoms. The van der Waals surface area contributed by atoms with Crippen LogP contribution in [0.1, 0.15) is 0 Å². The lowest BCUT2D eigenvalue weighted by Gasteiger charge is -1.83. The molecule has 0 aliphatic carbocycles. The minimum atomic E-state index is -1.71. The SMILES string of the molecule is O=S=C(C(=O)O)C(=O)O.c1nc[nH]n1. The first-order valence-corrected chi connectivity index (χ1v) is 3.75. The van der Waals surface area contributed by atoms with Gasteiger partial charge in [0, 0.05) is 0 Å². The van der Waals surface area contributed by atoms with E-state index in [1.807, 2.05) is 0 Å². The Morgan fingerprint density at radius 3 is 1.93 bits per heavy atom. The van der Waals surface area contributed by atoms with Gasteiger partial charge in [0.15, 0.2) is 0 Å². The number of nitrogens with zero attached hydrogens (tertiary/aromatic N) is 2. The second-order valence-corrected chi connectivity index (χ2v) is 2.25. The maximum atomic E-state index is 9.73.